The van der Waals surface area contributed by atoms with Crippen molar-refractivity contribution in [1.29, 1.82) is 0 Å². The predicted molar refractivity (Wildman–Crippen MR) is 56.9 cm³/mol. The molecule has 4 heteroatoms. The van der Waals surface area contributed by atoms with Crippen molar-refractivity contribution in [3.8, 4) is 0 Å². The fourth-order valence-electron chi connectivity index (χ4n) is 1.44. The Bertz CT molecular complexity index is 344. The normalized spacial score (nSPS) is 12.5. The average Bonchev–Trinajstić information content (AvgIpc) is 2.60. The van der Waals surface area contributed by atoms with Crippen molar-refractivity contribution >= 4 is 5.97 Å². The molecular formula is C11H17NO3. The molecule has 1 aromatic heterocycles. The maximum absolute atomic E-state index is 11.4. The third-order valence-corrected chi connectivity index (χ3v) is 2.34. The van der Waals surface area contributed by atoms with Crippen LogP contribution in [0.4, 0.5) is 0 Å². The van der Waals surface area contributed by atoms with Gasteiger partial charge in [0, 0.05) is 18.4 Å². The molecule has 0 aliphatic heterocycles. The van der Waals surface area contributed by atoms with Crippen LogP contribution < -0.4 is 0 Å². The maximum atomic E-state index is 11.4. The van der Waals surface area contributed by atoms with E-state index >= 15 is 0 Å². The van der Waals surface area contributed by atoms with Gasteiger partial charge in [-0.2, -0.15) is 0 Å². The number of hydrogen-bond donors (Lipinski definition) is 1. The minimum absolute atomic E-state index is 0.0237. The van der Waals surface area contributed by atoms with Gasteiger partial charge in [-0.1, -0.05) is 0 Å². The molecule has 0 saturated carbocycles. The third kappa shape index (κ3) is 2.59. The van der Waals surface area contributed by atoms with E-state index in [0.29, 0.717) is 12.3 Å². The molecule has 0 fully saturated rings. The van der Waals surface area contributed by atoms with Gasteiger partial charge in [0.25, 0.3) is 0 Å². The van der Waals surface area contributed by atoms with Gasteiger partial charge in [-0.3, -0.25) is 0 Å². The summed E-state index contributed by atoms with van der Waals surface area (Å²) < 4.78 is 10.1. The van der Waals surface area contributed by atoms with Crippen molar-refractivity contribution in [3.05, 3.63) is 23.0 Å². The summed E-state index contributed by atoms with van der Waals surface area (Å²) in [6.45, 7) is 6.01. The fourth-order valence-corrected chi connectivity index (χ4v) is 1.44. The molecule has 1 rings (SSSR count). The molecule has 84 valence electrons. The Hall–Kier alpha value is -1.29. The Balaban J connectivity index is 2.90. The van der Waals surface area contributed by atoms with Crippen LogP contribution in [0.15, 0.2) is 6.07 Å². The molecule has 0 saturated heterocycles. The van der Waals surface area contributed by atoms with Crippen LogP contribution in [0.2, 0.25) is 0 Å². The van der Waals surface area contributed by atoms with Crippen LogP contribution in [0.1, 0.15) is 41.7 Å². The van der Waals surface area contributed by atoms with E-state index in [1.54, 1.807) is 20.1 Å². The number of methoxy groups -OCH3 is 1. The number of H-pyrrole nitrogens is 1. The Morgan fingerprint density at radius 3 is 2.80 bits per heavy atom. The zero-order chi connectivity index (χ0) is 11.4. The van der Waals surface area contributed by atoms with Gasteiger partial charge in [-0.25, -0.2) is 4.79 Å². The number of aryl methyl sites for hydroxylation is 1. The first-order chi connectivity index (χ1) is 7.10. The van der Waals surface area contributed by atoms with Crippen LogP contribution in [0, 0.1) is 6.92 Å². The lowest BCUT2D eigenvalue weighted by atomic mass is 10.1. The van der Waals surface area contributed by atoms with E-state index in [1.807, 2.05) is 13.8 Å². The topological polar surface area (TPSA) is 51.3 Å². The second-order valence-corrected chi connectivity index (χ2v) is 3.36. The number of ether oxygens (including phenoxy) is 2. The molecule has 15 heavy (non-hydrogen) atoms. The lowest BCUT2D eigenvalue weighted by Crippen LogP contribution is -2.04. The summed E-state index contributed by atoms with van der Waals surface area (Å²) in [6, 6.07) is 1.78. The van der Waals surface area contributed by atoms with Crippen molar-refractivity contribution in [2.24, 2.45) is 0 Å². The number of carbonyl (C=O) groups excluding carboxylic acids is 1. The summed E-state index contributed by atoms with van der Waals surface area (Å²) in [7, 11) is 1.64. The van der Waals surface area contributed by atoms with Gasteiger partial charge in [0.1, 0.15) is 5.69 Å². The number of aromatic nitrogens is 1. The van der Waals surface area contributed by atoms with Crippen molar-refractivity contribution in [2.75, 3.05) is 13.7 Å². The summed E-state index contributed by atoms with van der Waals surface area (Å²) in [6.07, 6.45) is -0.0237. The largest absolute Gasteiger partial charge is 0.461 e. The number of aromatic amines is 1. The summed E-state index contributed by atoms with van der Waals surface area (Å²) >= 11 is 0. The van der Waals surface area contributed by atoms with Crippen molar-refractivity contribution in [2.45, 2.75) is 26.9 Å². The average molecular weight is 211 g/mol. The quantitative estimate of drug-likeness (QED) is 0.777. The van der Waals surface area contributed by atoms with E-state index < -0.39 is 0 Å². The third-order valence-electron chi connectivity index (χ3n) is 2.34. The smallest absolute Gasteiger partial charge is 0.354 e. The van der Waals surface area contributed by atoms with Gasteiger partial charge in [0.05, 0.1) is 12.7 Å². The molecule has 0 aromatic carbocycles. The van der Waals surface area contributed by atoms with Crippen LogP contribution in [-0.4, -0.2) is 24.7 Å². The lowest BCUT2D eigenvalue weighted by Gasteiger charge is -2.07. The second-order valence-electron chi connectivity index (χ2n) is 3.36. The van der Waals surface area contributed by atoms with Crippen LogP contribution in [0.25, 0.3) is 0 Å². The molecule has 0 radical (unpaired) electrons. The minimum Gasteiger partial charge on any atom is -0.461 e. The van der Waals surface area contributed by atoms with Gasteiger partial charge in [-0.05, 0) is 26.8 Å². The van der Waals surface area contributed by atoms with E-state index in [2.05, 4.69) is 4.98 Å². The second kappa shape index (κ2) is 4.98. The molecule has 0 spiro atoms. The molecule has 1 atom stereocenters. The lowest BCUT2D eigenvalue weighted by molar-refractivity contribution is 0.0520. The summed E-state index contributed by atoms with van der Waals surface area (Å²) in [5.74, 6) is -0.324. The highest BCUT2D eigenvalue weighted by molar-refractivity contribution is 5.87. The van der Waals surface area contributed by atoms with E-state index in [4.69, 9.17) is 9.47 Å². The van der Waals surface area contributed by atoms with E-state index in [9.17, 15) is 4.79 Å². The van der Waals surface area contributed by atoms with E-state index in [-0.39, 0.29) is 12.1 Å². The molecule has 1 N–H and O–H groups in total. The molecule has 1 aromatic rings. The molecular weight excluding hydrogens is 194 g/mol. The zero-order valence-corrected chi connectivity index (χ0v) is 9.59. The first-order valence-electron chi connectivity index (χ1n) is 4.99. The highest BCUT2D eigenvalue weighted by Gasteiger charge is 2.15. The van der Waals surface area contributed by atoms with Crippen LogP contribution >= 0.6 is 0 Å². The molecule has 1 heterocycles. The standard InChI is InChI=1S/C11H17NO3/c1-5-15-11(13)10-6-9(7(2)12-10)8(3)14-4/h6,8,12H,5H2,1-4H3. The van der Waals surface area contributed by atoms with E-state index in [1.165, 1.54) is 0 Å². The van der Waals surface area contributed by atoms with Gasteiger partial charge >= 0.3 is 5.97 Å². The summed E-state index contributed by atoms with van der Waals surface area (Å²) in [5.41, 5.74) is 2.40. The SMILES string of the molecule is CCOC(=O)c1cc(C(C)OC)c(C)[nH]1. The fraction of sp³-hybridized carbons (Fsp3) is 0.545. The van der Waals surface area contributed by atoms with Crippen molar-refractivity contribution in [1.82, 2.24) is 4.98 Å². The number of nitrogens with one attached hydrogen (secondary N) is 1. The van der Waals surface area contributed by atoms with E-state index in [0.717, 1.165) is 11.3 Å². The van der Waals surface area contributed by atoms with Crippen molar-refractivity contribution < 1.29 is 14.3 Å². The first kappa shape index (κ1) is 11.8. The summed E-state index contributed by atoms with van der Waals surface area (Å²) in [5, 5.41) is 0. The predicted octanol–water partition coefficient (Wildman–Crippen LogP) is 2.21. The number of esters is 1. The van der Waals surface area contributed by atoms with Gasteiger partial charge in [-0.15, -0.1) is 0 Å². The van der Waals surface area contributed by atoms with Gasteiger partial charge in [0.15, 0.2) is 0 Å². The summed E-state index contributed by atoms with van der Waals surface area (Å²) in [4.78, 5) is 14.4. The van der Waals surface area contributed by atoms with Gasteiger partial charge in [0.2, 0.25) is 0 Å². The maximum Gasteiger partial charge on any atom is 0.354 e. The van der Waals surface area contributed by atoms with Crippen LogP contribution in [0.3, 0.4) is 0 Å². The highest BCUT2D eigenvalue weighted by atomic mass is 16.5. The Labute approximate surface area is 89.6 Å². The monoisotopic (exact) mass is 211 g/mol. The molecule has 4 nitrogen and oxygen atoms in total. The Morgan fingerprint density at radius 1 is 1.60 bits per heavy atom. The molecule has 1 unspecified atom stereocenters. The van der Waals surface area contributed by atoms with Crippen LogP contribution in [0.5, 0.6) is 0 Å². The number of rotatable bonds is 4. The first-order valence-corrected chi connectivity index (χ1v) is 4.99. The zero-order valence-electron chi connectivity index (χ0n) is 9.59. The van der Waals surface area contributed by atoms with Crippen molar-refractivity contribution in [3.63, 3.8) is 0 Å². The number of hydrogen-bond acceptors (Lipinski definition) is 3. The van der Waals surface area contributed by atoms with Gasteiger partial charge < -0.3 is 14.5 Å². The minimum atomic E-state index is -0.324. The molecule has 0 amide bonds. The molecule has 0 bridgehead atoms. The highest BCUT2D eigenvalue weighted by Crippen LogP contribution is 2.21. The molecule has 0 aliphatic rings. The molecule has 0 aliphatic carbocycles. The Morgan fingerprint density at radius 2 is 2.27 bits per heavy atom. The number of carbonyl (C=O) groups is 1. The Kier molecular flexibility index (Phi) is 3.91. The van der Waals surface area contributed by atoms with Crippen LogP contribution in [-0.2, 0) is 9.47 Å².